The Labute approximate surface area is 149 Å². The summed E-state index contributed by atoms with van der Waals surface area (Å²) in [5.41, 5.74) is 3.28. The summed E-state index contributed by atoms with van der Waals surface area (Å²) in [5, 5.41) is 5.10. The van der Waals surface area contributed by atoms with Crippen LogP contribution < -0.4 is 0 Å². The van der Waals surface area contributed by atoms with Gasteiger partial charge in [-0.05, 0) is 41.6 Å². The van der Waals surface area contributed by atoms with Crippen molar-refractivity contribution in [2.45, 2.75) is 17.4 Å². The van der Waals surface area contributed by atoms with Gasteiger partial charge in [0.15, 0.2) is 0 Å². The second kappa shape index (κ2) is 6.42. The zero-order valence-electron chi connectivity index (χ0n) is 13.1. The van der Waals surface area contributed by atoms with Crippen LogP contribution in [0.15, 0.2) is 64.7 Å². The van der Waals surface area contributed by atoms with Gasteiger partial charge >= 0.3 is 0 Å². The number of benzene rings is 2. The Morgan fingerprint density at radius 1 is 1.08 bits per heavy atom. The van der Waals surface area contributed by atoms with Gasteiger partial charge in [-0.1, -0.05) is 35.9 Å². The highest BCUT2D eigenvalue weighted by Gasteiger charge is 2.26. The Hall–Kier alpha value is -2.11. The van der Waals surface area contributed by atoms with Crippen molar-refractivity contribution in [1.82, 2.24) is 14.8 Å². The van der Waals surface area contributed by atoms with Gasteiger partial charge < -0.3 is 0 Å². The lowest BCUT2D eigenvalue weighted by molar-refractivity contribution is 0.531. The molecule has 0 N–H and O–H groups in total. The Kier molecular flexibility index (Phi) is 4.12. The molecule has 0 radical (unpaired) electrons. The van der Waals surface area contributed by atoms with E-state index in [0.717, 1.165) is 22.7 Å². The van der Waals surface area contributed by atoms with Crippen molar-refractivity contribution in [3.8, 4) is 0 Å². The predicted octanol–water partition coefficient (Wildman–Crippen LogP) is 4.77. The van der Waals surface area contributed by atoms with Crippen molar-refractivity contribution < 1.29 is 0 Å². The molecule has 0 saturated carbocycles. The Morgan fingerprint density at radius 3 is 2.54 bits per heavy atom. The minimum atomic E-state index is 0.0987. The molecular formula is C18H15ClN4S. The van der Waals surface area contributed by atoms with Gasteiger partial charge in [-0.2, -0.15) is 10.1 Å². The Balaban J connectivity index is 1.74. The molecule has 6 heteroatoms. The summed E-state index contributed by atoms with van der Waals surface area (Å²) in [6, 6.07) is 16.5. The summed E-state index contributed by atoms with van der Waals surface area (Å²) in [5.74, 6) is 0.644. The highest BCUT2D eigenvalue weighted by Crippen LogP contribution is 2.33. The van der Waals surface area contributed by atoms with Crippen LogP contribution in [0.1, 0.15) is 23.6 Å². The topological polar surface area (TPSA) is 43.1 Å². The molecule has 0 saturated heterocycles. The fraction of sp³-hybridized carbons (Fsp3) is 0.167. The molecule has 4 nitrogen and oxygen atoms in total. The molecule has 0 spiro atoms. The van der Waals surface area contributed by atoms with Gasteiger partial charge in [0, 0.05) is 16.3 Å². The molecule has 1 aromatic heterocycles. The van der Waals surface area contributed by atoms with Gasteiger partial charge in [-0.15, -0.1) is 11.8 Å². The van der Waals surface area contributed by atoms with Crippen LogP contribution in [0.25, 0.3) is 0 Å². The van der Waals surface area contributed by atoms with Gasteiger partial charge in [0.25, 0.3) is 0 Å². The number of hydrogen-bond acceptors (Lipinski definition) is 4. The second-order valence-corrected chi connectivity index (χ2v) is 6.88. The third-order valence-electron chi connectivity index (χ3n) is 4.15. The SMILES string of the molecule is CSc1ccc(C2CC(c3ccc(Cl)cc3)=Nc3ncnn32)cc1. The number of nitrogens with zero attached hydrogens (tertiary/aromatic N) is 4. The van der Waals surface area contributed by atoms with Gasteiger partial charge in [0.05, 0.1) is 11.8 Å². The molecule has 2 aromatic carbocycles. The zero-order valence-corrected chi connectivity index (χ0v) is 14.6. The van der Waals surface area contributed by atoms with E-state index in [9.17, 15) is 0 Å². The lowest BCUT2D eigenvalue weighted by Gasteiger charge is -2.24. The minimum Gasteiger partial charge on any atom is -0.222 e. The van der Waals surface area contributed by atoms with E-state index in [1.165, 1.54) is 10.5 Å². The van der Waals surface area contributed by atoms with Crippen LogP contribution in [0.5, 0.6) is 0 Å². The summed E-state index contributed by atoms with van der Waals surface area (Å²) >= 11 is 7.74. The Bertz CT molecular complexity index is 884. The summed E-state index contributed by atoms with van der Waals surface area (Å²) in [4.78, 5) is 10.2. The summed E-state index contributed by atoms with van der Waals surface area (Å²) in [6.07, 6.45) is 4.42. The van der Waals surface area contributed by atoms with E-state index in [2.05, 4.69) is 45.6 Å². The molecule has 1 aliphatic rings. The maximum Gasteiger partial charge on any atom is 0.248 e. The van der Waals surface area contributed by atoms with Crippen molar-refractivity contribution in [3.63, 3.8) is 0 Å². The van der Waals surface area contributed by atoms with Gasteiger partial charge in [-0.3, -0.25) is 0 Å². The number of halogens is 1. The molecule has 0 amide bonds. The first-order chi connectivity index (χ1) is 11.7. The number of thioether (sulfide) groups is 1. The van der Waals surface area contributed by atoms with Crippen LogP contribution in [0, 0.1) is 0 Å². The maximum absolute atomic E-state index is 6.00. The normalized spacial score (nSPS) is 16.6. The molecule has 24 heavy (non-hydrogen) atoms. The number of hydrogen-bond donors (Lipinski definition) is 0. The molecule has 3 aromatic rings. The van der Waals surface area contributed by atoms with E-state index in [4.69, 9.17) is 11.6 Å². The second-order valence-electron chi connectivity index (χ2n) is 5.56. The van der Waals surface area contributed by atoms with Crippen LogP contribution in [-0.4, -0.2) is 26.7 Å². The third kappa shape index (κ3) is 2.85. The summed E-state index contributed by atoms with van der Waals surface area (Å²) in [6.45, 7) is 0. The largest absolute Gasteiger partial charge is 0.248 e. The first kappa shape index (κ1) is 15.4. The Morgan fingerprint density at radius 2 is 1.83 bits per heavy atom. The molecule has 0 bridgehead atoms. The fourth-order valence-electron chi connectivity index (χ4n) is 2.89. The fourth-order valence-corrected chi connectivity index (χ4v) is 3.42. The molecule has 1 atom stereocenters. The molecule has 1 aliphatic heterocycles. The van der Waals surface area contributed by atoms with Crippen molar-refractivity contribution in [1.29, 1.82) is 0 Å². The summed E-state index contributed by atoms with van der Waals surface area (Å²) < 4.78 is 1.90. The molecular weight excluding hydrogens is 340 g/mol. The van der Waals surface area contributed by atoms with Gasteiger partial charge in [0.2, 0.25) is 5.95 Å². The number of aliphatic imine (C=N–C) groups is 1. The molecule has 2 heterocycles. The number of rotatable bonds is 3. The predicted molar refractivity (Wildman–Crippen MR) is 98.7 cm³/mol. The highest BCUT2D eigenvalue weighted by molar-refractivity contribution is 7.98. The quantitative estimate of drug-likeness (QED) is 0.636. The maximum atomic E-state index is 6.00. The average molecular weight is 355 g/mol. The van der Waals surface area contributed by atoms with Crippen molar-refractivity contribution in [3.05, 3.63) is 71.0 Å². The van der Waals surface area contributed by atoms with Gasteiger partial charge in [0.1, 0.15) is 6.33 Å². The lowest BCUT2D eigenvalue weighted by Crippen LogP contribution is -2.21. The molecule has 120 valence electrons. The average Bonchev–Trinajstić information content (AvgIpc) is 3.10. The van der Waals surface area contributed by atoms with E-state index in [1.54, 1.807) is 18.1 Å². The minimum absolute atomic E-state index is 0.0987. The highest BCUT2D eigenvalue weighted by atomic mass is 35.5. The monoisotopic (exact) mass is 354 g/mol. The first-order valence-electron chi connectivity index (χ1n) is 7.61. The molecule has 1 unspecified atom stereocenters. The molecule has 0 fully saturated rings. The molecule has 0 aliphatic carbocycles. The van der Waals surface area contributed by atoms with Crippen molar-refractivity contribution >= 4 is 35.0 Å². The van der Waals surface area contributed by atoms with E-state index >= 15 is 0 Å². The van der Waals surface area contributed by atoms with Crippen LogP contribution in [0.3, 0.4) is 0 Å². The standard InChI is InChI=1S/C18H15ClN4S/c1-24-15-8-4-13(5-9-15)17-10-16(12-2-6-14(19)7-3-12)22-18-20-11-21-23(17)18/h2-9,11,17H,10H2,1H3. The van der Waals surface area contributed by atoms with Crippen LogP contribution >= 0.6 is 23.4 Å². The number of aromatic nitrogens is 3. The smallest absolute Gasteiger partial charge is 0.222 e. The van der Waals surface area contributed by atoms with Crippen molar-refractivity contribution in [2.75, 3.05) is 6.26 Å². The zero-order chi connectivity index (χ0) is 16.5. The van der Waals surface area contributed by atoms with Crippen LogP contribution in [0.4, 0.5) is 5.95 Å². The van der Waals surface area contributed by atoms with E-state index in [1.807, 2.05) is 28.9 Å². The van der Waals surface area contributed by atoms with E-state index in [0.29, 0.717) is 5.95 Å². The lowest BCUT2D eigenvalue weighted by atomic mass is 9.96. The summed E-state index contributed by atoms with van der Waals surface area (Å²) in [7, 11) is 0. The van der Waals surface area contributed by atoms with Crippen LogP contribution in [-0.2, 0) is 0 Å². The van der Waals surface area contributed by atoms with Crippen molar-refractivity contribution in [2.24, 2.45) is 4.99 Å². The van der Waals surface area contributed by atoms with Crippen LogP contribution in [0.2, 0.25) is 5.02 Å². The number of fused-ring (bicyclic) bond motifs is 1. The van der Waals surface area contributed by atoms with Gasteiger partial charge in [-0.25, -0.2) is 9.67 Å². The third-order valence-corrected chi connectivity index (χ3v) is 5.14. The molecule has 4 rings (SSSR count). The van der Waals surface area contributed by atoms with E-state index < -0.39 is 0 Å². The first-order valence-corrected chi connectivity index (χ1v) is 9.22. The van der Waals surface area contributed by atoms with E-state index in [-0.39, 0.29) is 6.04 Å².